The van der Waals surface area contributed by atoms with Crippen LogP contribution in [-0.2, 0) is 32.2 Å². The fraction of sp³-hybridized carbons (Fsp3) is 0.286. The van der Waals surface area contributed by atoms with E-state index in [0.29, 0.717) is 6.04 Å². The van der Waals surface area contributed by atoms with E-state index < -0.39 is 0 Å². The molecule has 1 nitrogen and oxygen atoms in total. The second-order valence-corrected chi connectivity index (χ2v) is 8.28. The molecule has 1 N–H and O–H groups in total. The average molecular weight is 382 g/mol. The Morgan fingerprint density at radius 3 is 2.28 bits per heavy atom. The Hall–Kier alpha value is -2.64. The van der Waals surface area contributed by atoms with Crippen molar-refractivity contribution >= 4 is 6.08 Å². The summed E-state index contributed by atoms with van der Waals surface area (Å²) in [6, 6.07) is 24.9. The van der Waals surface area contributed by atoms with Crippen molar-refractivity contribution in [1.82, 2.24) is 5.32 Å². The molecule has 4 rings (SSSR count). The first kappa shape index (κ1) is 19.7. The summed E-state index contributed by atoms with van der Waals surface area (Å²) in [5, 5.41) is 3.79. The van der Waals surface area contributed by atoms with Crippen molar-refractivity contribution in [2.24, 2.45) is 0 Å². The average Bonchev–Trinajstić information content (AvgIpc) is 3.16. The van der Waals surface area contributed by atoms with Crippen molar-refractivity contribution in [2.75, 3.05) is 0 Å². The first-order valence-electron chi connectivity index (χ1n) is 10.8. The Morgan fingerprint density at radius 2 is 1.59 bits per heavy atom. The first-order chi connectivity index (χ1) is 14.2. The van der Waals surface area contributed by atoms with Crippen LogP contribution in [0.3, 0.4) is 0 Å². The molecule has 0 aliphatic heterocycles. The maximum Gasteiger partial charge on any atom is 0.0208 e. The molecule has 0 fully saturated rings. The highest BCUT2D eigenvalue weighted by molar-refractivity contribution is 5.57. The number of benzene rings is 3. The van der Waals surface area contributed by atoms with Crippen LogP contribution in [0, 0.1) is 6.92 Å². The second-order valence-electron chi connectivity index (χ2n) is 8.28. The first-order valence-corrected chi connectivity index (χ1v) is 10.8. The van der Waals surface area contributed by atoms with Gasteiger partial charge in [-0.25, -0.2) is 0 Å². The molecule has 0 amide bonds. The molecular weight excluding hydrogens is 350 g/mol. The summed E-state index contributed by atoms with van der Waals surface area (Å²) >= 11 is 0. The predicted molar refractivity (Wildman–Crippen MR) is 124 cm³/mol. The molecule has 0 heterocycles. The van der Waals surface area contributed by atoms with Crippen LogP contribution in [0.15, 0.2) is 73.3 Å². The molecule has 0 radical (unpaired) electrons. The highest BCUT2D eigenvalue weighted by atomic mass is 14.9. The van der Waals surface area contributed by atoms with E-state index in [1.807, 2.05) is 6.08 Å². The van der Waals surface area contributed by atoms with Gasteiger partial charge in [0.1, 0.15) is 0 Å². The Morgan fingerprint density at radius 1 is 0.897 bits per heavy atom. The lowest BCUT2D eigenvalue weighted by molar-refractivity contribution is 0.532. The minimum Gasteiger partial charge on any atom is -0.309 e. The molecule has 0 saturated heterocycles. The van der Waals surface area contributed by atoms with Gasteiger partial charge >= 0.3 is 0 Å². The van der Waals surface area contributed by atoms with E-state index in [1.54, 1.807) is 0 Å². The van der Waals surface area contributed by atoms with Gasteiger partial charge in [0.05, 0.1) is 0 Å². The summed E-state index contributed by atoms with van der Waals surface area (Å²) in [4.78, 5) is 0. The second kappa shape index (κ2) is 9.24. The maximum absolute atomic E-state index is 4.06. The van der Waals surface area contributed by atoms with E-state index in [4.69, 9.17) is 0 Å². The van der Waals surface area contributed by atoms with Crippen LogP contribution >= 0.6 is 0 Å². The van der Waals surface area contributed by atoms with Crippen LogP contribution in [0.25, 0.3) is 6.08 Å². The van der Waals surface area contributed by atoms with E-state index >= 15 is 0 Å². The zero-order valence-electron chi connectivity index (χ0n) is 17.5. The molecule has 0 atom stereocenters. The van der Waals surface area contributed by atoms with Crippen LogP contribution < -0.4 is 5.32 Å². The maximum atomic E-state index is 4.06. The summed E-state index contributed by atoms with van der Waals surface area (Å²) in [5.41, 5.74) is 9.90. The van der Waals surface area contributed by atoms with Crippen molar-refractivity contribution < 1.29 is 0 Å². The fourth-order valence-electron chi connectivity index (χ4n) is 4.65. The van der Waals surface area contributed by atoms with Gasteiger partial charge in [-0.15, -0.1) is 0 Å². The van der Waals surface area contributed by atoms with Crippen molar-refractivity contribution in [3.8, 4) is 0 Å². The lowest BCUT2D eigenvalue weighted by atomic mass is 9.94. The predicted octanol–water partition coefficient (Wildman–Crippen LogP) is 6.07. The summed E-state index contributed by atoms with van der Waals surface area (Å²) in [7, 11) is 0. The van der Waals surface area contributed by atoms with Gasteiger partial charge in [-0.3, -0.25) is 0 Å². The molecule has 0 bridgehead atoms. The van der Waals surface area contributed by atoms with E-state index in [9.17, 15) is 0 Å². The Kier molecular flexibility index (Phi) is 6.27. The van der Waals surface area contributed by atoms with Gasteiger partial charge in [0.25, 0.3) is 0 Å². The lowest BCUT2D eigenvalue weighted by Crippen LogP contribution is -2.29. The number of aryl methyl sites for hydroxylation is 3. The van der Waals surface area contributed by atoms with Crippen LogP contribution in [0.4, 0.5) is 0 Å². The third-order valence-corrected chi connectivity index (χ3v) is 6.14. The van der Waals surface area contributed by atoms with E-state index in [0.717, 1.165) is 32.2 Å². The zero-order valence-corrected chi connectivity index (χ0v) is 17.5. The molecule has 0 spiro atoms. The third-order valence-electron chi connectivity index (χ3n) is 6.14. The van der Waals surface area contributed by atoms with Crippen LogP contribution in [0.2, 0.25) is 0 Å². The van der Waals surface area contributed by atoms with Gasteiger partial charge in [-0.1, -0.05) is 79.4 Å². The number of hydrogen-bond acceptors (Lipinski definition) is 1. The van der Waals surface area contributed by atoms with Gasteiger partial charge in [-0.2, -0.15) is 0 Å². The molecular formula is C28H31N. The molecule has 0 unspecified atom stereocenters. The minimum absolute atomic E-state index is 0.549. The Balaban J connectivity index is 1.39. The minimum atomic E-state index is 0.549. The summed E-state index contributed by atoms with van der Waals surface area (Å²) in [5.74, 6) is 0. The molecule has 148 valence electrons. The van der Waals surface area contributed by atoms with Gasteiger partial charge in [0.15, 0.2) is 0 Å². The number of rotatable bonds is 8. The Labute approximate surface area is 175 Å². The summed E-state index contributed by atoms with van der Waals surface area (Å²) < 4.78 is 0. The molecule has 1 aliphatic carbocycles. The van der Waals surface area contributed by atoms with Crippen molar-refractivity contribution in [1.29, 1.82) is 0 Å². The molecule has 1 heteroatoms. The molecule has 3 aromatic rings. The lowest BCUT2D eigenvalue weighted by Gasteiger charge is -2.16. The van der Waals surface area contributed by atoms with Gasteiger partial charge < -0.3 is 5.32 Å². The van der Waals surface area contributed by atoms with Crippen molar-refractivity contribution in [3.05, 3.63) is 112 Å². The zero-order chi connectivity index (χ0) is 20.1. The topological polar surface area (TPSA) is 12.0 Å². The van der Waals surface area contributed by atoms with Crippen LogP contribution in [0.5, 0.6) is 0 Å². The van der Waals surface area contributed by atoms with Crippen LogP contribution in [0.1, 0.15) is 45.4 Å². The standard InChI is InChI=1S/C28H31N/c1-3-28-21(2)16-23(17-26(28)15-9-12-22-10-5-4-6-11-22)20-29-27-18-24-13-7-8-14-25(24)19-27/h3-8,10-11,13-14,16-17,27,29H,1,9,12,15,18-20H2,2H3. The SMILES string of the molecule is C=Cc1c(C)cc(CNC2Cc3ccccc3C2)cc1CCCc1ccccc1. The summed E-state index contributed by atoms with van der Waals surface area (Å²) in [6.45, 7) is 7.21. The molecule has 29 heavy (non-hydrogen) atoms. The molecule has 1 aliphatic rings. The summed E-state index contributed by atoms with van der Waals surface area (Å²) in [6.07, 6.45) is 7.70. The smallest absolute Gasteiger partial charge is 0.0208 e. The van der Waals surface area contributed by atoms with Crippen molar-refractivity contribution in [3.63, 3.8) is 0 Å². The highest BCUT2D eigenvalue weighted by Gasteiger charge is 2.20. The van der Waals surface area contributed by atoms with Gasteiger partial charge in [0, 0.05) is 12.6 Å². The normalized spacial score (nSPS) is 13.4. The van der Waals surface area contributed by atoms with Crippen molar-refractivity contribution in [2.45, 2.75) is 51.6 Å². The molecule has 3 aromatic carbocycles. The number of fused-ring (bicyclic) bond motifs is 1. The van der Waals surface area contributed by atoms with E-state index in [-0.39, 0.29) is 0 Å². The third kappa shape index (κ3) is 4.86. The van der Waals surface area contributed by atoms with E-state index in [2.05, 4.69) is 85.5 Å². The highest BCUT2D eigenvalue weighted by Crippen LogP contribution is 2.24. The Bertz CT molecular complexity index is 946. The van der Waals surface area contributed by atoms with Crippen LogP contribution in [-0.4, -0.2) is 6.04 Å². The quantitative estimate of drug-likeness (QED) is 0.499. The largest absolute Gasteiger partial charge is 0.309 e. The number of nitrogens with one attached hydrogen (secondary N) is 1. The molecule has 0 saturated carbocycles. The molecule has 0 aromatic heterocycles. The fourth-order valence-corrected chi connectivity index (χ4v) is 4.65. The van der Waals surface area contributed by atoms with Gasteiger partial charge in [-0.05, 0) is 78.0 Å². The monoisotopic (exact) mass is 381 g/mol. The van der Waals surface area contributed by atoms with E-state index in [1.165, 1.54) is 45.4 Å². The van der Waals surface area contributed by atoms with Gasteiger partial charge in [0.2, 0.25) is 0 Å². The number of hydrogen-bond donors (Lipinski definition) is 1.